The van der Waals surface area contributed by atoms with Crippen LogP contribution in [0, 0.1) is 0 Å². The Balaban J connectivity index is 1.86. The summed E-state index contributed by atoms with van der Waals surface area (Å²) < 4.78 is 29.1. The molecule has 1 aromatic carbocycles. The van der Waals surface area contributed by atoms with Gasteiger partial charge in [0.2, 0.25) is 0 Å². The fourth-order valence-corrected chi connectivity index (χ4v) is 4.24. The standard InChI is InChI=1S/C19H25NO4S/c1-19(2,3)24-18(21)20-15-8-9-16(20)11-14(10-15)13-6-5-7-17(12-13)25(4,22)23/h5-7,10,12,15-16H,8-9,11H2,1-4H3. The molecule has 0 aliphatic carbocycles. The molecule has 1 saturated heterocycles. The van der Waals surface area contributed by atoms with E-state index in [1.54, 1.807) is 18.2 Å². The van der Waals surface area contributed by atoms with Crippen LogP contribution >= 0.6 is 0 Å². The highest BCUT2D eigenvalue weighted by atomic mass is 32.2. The average Bonchev–Trinajstić information content (AvgIpc) is 2.75. The molecule has 6 heteroatoms. The molecule has 25 heavy (non-hydrogen) atoms. The SMILES string of the molecule is CC(C)(C)OC(=O)N1C2C=C(c3cccc(S(C)(=O)=O)c3)CC1CC2. The van der Waals surface area contributed by atoms with E-state index in [1.165, 1.54) is 6.26 Å². The normalized spacial score (nSPS) is 23.4. The molecule has 0 N–H and O–H groups in total. The second kappa shape index (κ2) is 6.16. The summed E-state index contributed by atoms with van der Waals surface area (Å²) >= 11 is 0. The van der Waals surface area contributed by atoms with Crippen LogP contribution in [0.1, 0.15) is 45.6 Å². The summed E-state index contributed by atoms with van der Waals surface area (Å²) in [7, 11) is -3.23. The summed E-state index contributed by atoms with van der Waals surface area (Å²) in [6.45, 7) is 5.61. The smallest absolute Gasteiger partial charge is 0.411 e. The van der Waals surface area contributed by atoms with Gasteiger partial charge in [0, 0.05) is 12.3 Å². The molecule has 5 nitrogen and oxygen atoms in total. The van der Waals surface area contributed by atoms with Crippen LogP contribution in [0.15, 0.2) is 35.2 Å². The maximum Gasteiger partial charge on any atom is 0.411 e. The number of rotatable bonds is 2. The number of carbonyl (C=O) groups is 1. The highest BCUT2D eigenvalue weighted by molar-refractivity contribution is 7.90. The van der Waals surface area contributed by atoms with Crippen molar-refractivity contribution in [3.8, 4) is 0 Å². The monoisotopic (exact) mass is 363 g/mol. The summed E-state index contributed by atoms with van der Waals surface area (Å²) in [6, 6.07) is 7.18. The van der Waals surface area contributed by atoms with Crippen LogP contribution in [0.4, 0.5) is 4.79 Å². The van der Waals surface area contributed by atoms with Crippen molar-refractivity contribution in [2.45, 2.75) is 62.6 Å². The molecule has 1 fully saturated rings. The minimum absolute atomic E-state index is 0.0190. The maximum atomic E-state index is 12.5. The van der Waals surface area contributed by atoms with Crippen molar-refractivity contribution in [3.63, 3.8) is 0 Å². The molecule has 2 aliphatic heterocycles. The van der Waals surface area contributed by atoms with Crippen LogP contribution < -0.4 is 0 Å². The zero-order chi connectivity index (χ0) is 18.4. The lowest BCUT2D eigenvalue weighted by molar-refractivity contribution is 0.0175. The maximum absolute atomic E-state index is 12.5. The molecular weight excluding hydrogens is 338 g/mol. The topological polar surface area (TPSA) is 63.7 Å². The van der Waals surface area contributed by atoms with Gasteiger partial charge in [0.15, 0.2) is 9.84 Å². The number of nitrogens with zero attached hydrogens (tertiary/aromatic N) is 1. The van der Waals surface area contributed by atoms with E-state index in [-0.39, 0.29) is 18.2 Å². The van der Waals surface area contributed by atoms with Crippen LogP contribution in [-0.4, -0.2) is 43.4 Å². The molecule has 1 aromatic rings. The van der Waals surface area contributed by atoms with Crippen molar-refractivity contribution >= 4 is 21.5 Å². The molecule has 3 rings (SSSR count). The number of sulfone groups is 1. The molecular formula is C19H25NO4S. The first kappa shape index (κ1) is 18.0. The Morgan fingerprint density at radius 3 is 2.56 bits per heavy atom. The second-order valence-electron chi connectivity index (χ2n) is 7.88. The van der Waals surface area contributed by atoms with E-state index in [9.17, 15) is 13.2 Å². The highest BCUT2D eigenvalue weighted by Crippen LogP contribution is 2.39. The van der Waals surface area contributed by atoms with Crippen LogP contribution in [-0.2, 0) is 14.6 Å². The number of carbonyl (C=O) groups excluding carboxylic acids is 1. The van der Waals surface area contributed by atoms with Gasteiger partial charge in [-0.05, 0) is 63.3 Å². The fraction of sp³-hybridized carbons (Fsp3) is 0.526. The zero-order valence-electron chi connectivity index (χ0n) is 15.2. The third-order valence-electron chi connectivity index (χ3n) is 4.63. The lowest BCUT2D eigenvalue weighted by Crippen LogP contribution is -2.45. The van der Waals surface area contributed by atoms with E-state index in [2.05, 4.69) is 6.08 Å². The van der Waals surface area contributed by atoms with Crippen LogP contribution in [0.2, 0.25) is 0 Å². The number of benzene rings is 1. The van der Waals surface area contributed by atoms with Gasteiger partial charge in [-0.1, -0.05) is 18.2 Å². The quantitative estimate of drug-likeness (QED) is 0.805. The van der Waals surface area contributed by atoms with Crippen molar-refractivity contribution in [1.82, 2.24) is 4.90 Å². The number of ether oxygens (including phenoxy) is 1. The fourth-order valence-electron chi connectivity index (χ4n) is 3.57. The first-order chi connectivity index (χ1) is 11.5. The zero-order valence-corrected chi connectivity index (χ0v) is 16.0. The molecule has 136 valence electrons. The van der Waals surface area contributed by atoms with E-state index in [0.717, 1.165) is 30.4 Å². The van der Waals surface area contributed by atoms with Crippen LogP contribution in [0.3, 0.4) is 0 Å². The molecule has 2 unspecified atom stereocenters. The largest absolute Gasteiger partial charge is 0.444 e. The molecule has 0 spiro atoms. The Morgan fingerprint density at radius 1 is 1.24 bits per heavy atom. The summed E-state index contributed by atoms with van der Waals surface area (Å²) in [6.07, 6.45) is 5.63. The Labute approximate surface area is 149 Å². The van der Waals surface area contributed by atoms with Crippen molar-refractivity contribution in [2.75, 3.05) is 6.26 Å². The molecule has 0 saturated carbocycles. The molecule has 0 aromatic heterocycles. The van der Waals surface area contributed by atoms with Crippen molar-refractivity contribution in [2.24, 2.45) is 0 Å². The number of amides is 1. The highest BCUT2D eigenvalue weighted by Gasteiger charge is 2.41. The van der Waals surface area contributed by atoms with Gasteiger partial charge >= 0.3 is 6.09 Å². The lowest BCUT2D eigenvalue weighted by atomic mass is 9.95. The summed E-state index contributed by atoms with van der Waals surface area (Å²) in [4.78, 5) is 14.7. The summed E-state index contributed by atoms with van der Waals surface area (Å²) in [5.74, 6) is 0. The number of hydrogen-bond donors (Lipinski definition) is 0. The number of fused-ring (bicyclic) bond motifs is 2. The van der Waals surface area contributed by atoms with Crippen LogP contribution in [0.5, 0.6) is 0 Å². The van der Waals surface area contributed by atoms with Gasteiger partial charge in [0.05, 0.1) is 10.9 Å². The third-order valence-corrected chi connectivity index (χ3v) is 5.74. The van der Waals surface area contributed by atoms with E-state index < -0.39 is 15.4 Å². The molecule has 0 radical (unpaired) electrons. The number of hydrogen-bond acceptors (Lipinski definition) is 4. The van der Waals surface area contributed by atoms with Crippen molar-refractivity contribution in [1.29, 1.82) is 0 Å². The molecule has 2 aliphatic rings. The van der Waals surface area contributed by atoms with E-state index in [1.807, 2.05) is 31.7 Å². The van der Waals surface area contributed by atoms with Crippen molar-refractivity contribution in [3.05, 3.63) is 35.9 Å². The van der Waals surface area contributed by atoms with Gasteiger partial charge in [-0.3, -0.25) is 4.90 Å². The average molecular weight is 363 g/mol. The lowest BCUT2D eigenvalue weighted by Gasteiger charge is -2.35. The van der Waals surface area contributed by atoms with Gasteiger partial charge in [-0.2, -0.15) is 0 Å². The van der Waals surface area contributed by atoms with E-state index >= 15 is 0 Å². The molecule has 1 amide bonds. The second-order valence-corrected chi connectivity index (χ2v) is 9.90. The molecule has 2 heterocycles. The third kappa shape index (κ3) is 3.89. The first-order valence-corrected chi connectivity index (χ1v) is 10.5. The Hall–Kier alpha value is -1.82. The van der Waals surface area contributed by atoms with E-state index in [0.29, 0.717) is 4.90 Å². The van der Waals surface area contributed by atoms with Crippen LogP contribution in [0.25, 0.3) is 5.57 Å². The predicted octanol–water partition coefficient (Wildman–Crippen LogP) is 3.65. The minimum atomic E-state index is -3.23. The van der Waals surface area contributed by atoms with Gasteiger partial charge in [0.1, 0.15) is 5.60 Å². The van der Waals surface area contributed by atoms with Gasteiger partial charge < -0.3 is 4.74 Å². The molecule has 2 atom stereocenters. The Bertz CT molecular complexity index is 820. The predicted molar refractivity (Wildman–Crippen MR) is 97.0 cm³/mol. The molecule has 2 bridgehead atoms. The summed E-state index contributed by atoms with van der Waals surface area (Å²) in [5, 5.41) is 0. The summed E-state index contributed by atoms with van der Waals surface area (Å²) in [5.41, 5.74) is 1.52. The van der Waals surface area contributed by atoms with E-state index in [4.69, 9.17) is 4.74 Å². The minimum Gasteiger partial charge on any atom is -0.444 e. The van der Waals surface area contributed by atoms with Gasteiger partial charge in [0.25, 0.3) is 0 Å². The Kier molecular flexibility index (Phi) is 4.43. The van der Waals surface area contributed by atoms with Crippen molar-refractivity contribution < 1.29 is 17.9 Å². The Morgan fingerprint density at radius 2 is 1.96 bits per heavy atom. The van der Waals surface area contributed by atoms with Gasteiger partial charge in [-0.15, -0.1) is 0 Å². The van der Waals surface area contributed by atoms with Gasteiger partial charge in [-0.25, -0.2) is 13.2 Å². The first-order valence-electron chi connectivity index (χ1n) is 8.57.